The molecule has 0 atom stereocenters. The summed E-state index contributed by atoms with van der Waals surface area (Å²) in [5, 5.41) is 0. The van der Waals surface area contributed by atoms with E-state index in [1.165, 1.54) is 30.4 Å². The van der Waals surface area contributed by atoms with Crippen LogP contribution in [0.4, 0.5) is 17.3 Å². The van der Waals surface area contributed by atoms with Crippen LogP contribution in [-0.4, -0.2) is 16.5 Å². The highest BCUT2D eigenvalue weighted by Crippen LogP contribution is 2.31. The van der Waals surface area contributed by atoms with Crippen molar-refractivity contribution >= 4 is 17.3 Å². The van der Waals surface area contributed by atoms with Crippen molar-refractivity contribution in [2.24, 2.45) is 0 Å². The second kappa shape index (κ2) is 4.64. The Kier molecular flexibility index (Phi) is 2.84. The summed E-state index contributed by atoms with van der Waals surface area (Å²) in [6, 6.07) is 10.3. The van der Waals surface area contributed by atoms with E-state index in [-0.39, 0.29) is 0 Å². The van der Waals surface area contributed by atoms with Crippen molar-refractivity contribution in [3.05, 3.63) is 42.2 Å². The number of fused-ring (bicyclic) bond motifs is 1. The number of nitrogens with zero attached hydrogens (tertiary/aromatic N) is 3. The van der Waals surface area contributed by atoms with Gasteiger partial charge in [0.15, 0.2) is 0 Å². The molecule has 4 nitrogen and oxygen atoms in total. The molecule has 1 aromatic heterocycles. The van der Waals surface area contributed by atoms with E-state index in [1.54, 1.807) is 0 Å². The highest BCUT2D eigenvalue weighted by Gasteiger charge is 2.17. The van der Waals surface area contributed by atoms with E-state index >= 15 is 0 Å². The number of hydrogen-bond donors (Lipinski definition) is 1. The van der Waals surface area contributed by atoms with Crippen molar-refractivity contribution in [2.45, 2.75) is 19.3 Å². The molecular weight excluding hydrogens is 224 g/mol. The van der Waals surface area contributed by atoms with E-state index in [0.717, 1.165) is 18.8 Å². The van der Waals surface area contributed by atoms with Crippen LogP contribution in [0.3, 0.4) is 0 Å². The highest BCUT2D eigenvalue weighted by atomic mass is 15.2. The van der Waals surface area contributed by atoms with Gasteiger partial charge in [0.1, 0.15) is 18.0 Å². The van der Waals surface area contributed by atoms with E-state index in [9.17, 15) is 0 Å². The Morgan fingerprint density at radius 2 is 2.00 bits per heavy atom. The van der Waals surface area contributed by atoms with Gasteiger partial charge in [0.25, 0.3) is 0 Å². The Balaban J connectivity index is 2.06. The van der Waals surface area contributed by atoms with Gasteiger partial charge in [-0.05, 0) is 30.9 Å². The predicted molar refractivity (Wildman–Crippen MR) is 72.8 cm³/mol. The number of aromatic nitrogens is 2. The number of nitrogens with two attached hydrogens (primary N) is 1. The Labute approximate surface area is 106 Å². The van der Waals surface area contributed by atoms with Crippen LogP contribution < -0.4 is 10.6 Å². The summed E-state index contributed by atoms with van der Waals surface area (Å²) in [6.07, 6.45) is 5.04. The maximum atomic E-state index is 5.75. The molecule has 2 aromatic rings. The van der Waals surface area contributed by atoms with E-state index in [2.05, 4.69) is 39.1 Å². The average molecular weight is 240 g/mol. The molecule has 2 heterocycles. The van der Waals surface area contributed by atoms with Gasteiger partial charge < -0.3 is 10.6 Å². The Morgan fingerprint density at radius 1 is 1.11 bits per heavy atom. The molecule has 1 aliphatic rings. The molecule has 0 amide bonds. The smallest absolute Gasteiger partial charge is 0.138 e. The van der Waals surface area contributed by atoms with E-state index < -0.39 is 0 Å². The van der Waals surface area contributed by atoms with Crippen molar-refractivity contribution in [1.29, 1.82) is 0 Å². The summed E-state index contributed by atoms with van der Waals surface area (Å²) < 4.78 is 0. The van der Waals surface area contributed by atoms with Crippen LogP contribution in [0.5, 0.6) is 0 Å². The Bertz CT molecular complexity index is 553. The minimum Gasteiger partial charge on any atom is -0.384 e. The normalized spacial score (nSPS) is 15.0. The third kappa shape index (κ3) is 2.01. The number of para-hydroxylation sites is 1. The topological polar surface area (TPSA) is 55.0 Å². The van der Waals surface area contributed by atoms with Gasteiger partial charge in [-0.25, -0.2) is 9.97 Å². The number of nitrogen functional groups attached to an aromatic ring is 1. The molecule has 18 heavy (non-hydrogen) atoms. The van der Waals surface area contributed by atoms with E-state index in [1.807, 2.05) is 6.07 Å². The molecule has 0 fully saturated rings. The second-order valence-electron chi connectivity index (χ2n) is 4.54. The molecule has 0 unspecified atom stereocenters. The fourth-order valence-electron chi connectivity index (χ4n) is 2.44. The van der Waals surface area contributed by atoms with Crippen molar-refractivity contribution in [1.82, 2.24) is 9.97 Å². The quantitative estimate of drug-likeness (QED) is 0.832. The van der Waals surface area contributed by atoms with Gasteiger partial charge in [0.05, 0.1) is 0 Å². The van der Waals surface area contributed by atoms with Crippen LogP contribution in [0.15, 0.2) is 36.7 Å². The van der Waals surface area contributed by atoms with Gasteiger partial charge in [0.2, 0.25) is 0 Å². The number of rotatable bonds is 1. The van der Waals surface area contributed by atoms with Crippen LogP contribution >= 0.6 is 0 Å². The number of aryl methyl sites for hydroxylation is 1. The molecule has 1 aromatic carbocycles. The van der Waals surface area contributed by atoms with Crippen LogP contribution in [0.2, 0.25) is 0 Å². The maximum absolute atomic E-state index is 5.75. The van der Waals surface area contributed by atoms with E-state index in [4.69, 9.17) is 5.73 Å². The first-order chi connectivity index (χ1) is 8.84. The summed E-state index contributed by atoms with van der Waals surface area (Å²) >= 11 is 0. The Morgan fingerprint density at radius 3 is 2.89 bits per heavy atom. The maximum Gasteiger partial charge on any atom is 0.138 e. The molecule has 2 N–H and O–H groups in total. The lowest BCUT2D eigenvalue weighted by Gasteiger charge is -2.23. The molecule has 0 bridgehead atoms. The standard InChI is InChI=1S/C14H16N4/c15-13-9-14(17-10-16-13)18-8-4-3-6-11-5-1-2-7-12(11)18/h1-2,5,7,9-10H,3-4,6,8H2,(H2,15,16,17). The van der Waals surface area contributed by atoms with Crippen molar-refractivity contribution in [2.75, 3.05) is 17.2 Å². The monoisotopic (exact) mass is 240 g/mol. The SMILES string of the molecule is Nc1cc(N2CCCCc3ccccc32)ncn1. The van der Waals surface area contributed by atoms with Crippen LogP contribution in [-0.2, 0) is 6.42 Å². The summed E-state index contributed by atoms with van der Waals surface area (Å²) in [6.45, 7) is 0.980. The average Bonchev–Trinajstić information content (AvgIpc) is 2.61. The number of hydrogen-bond acceptors (Lipinski definition) is 4. The lowest BCUT2D eigenvalue weighted by molar-refractivity contribution is 0.757. The van der Waals surface area contributed by atoms with Crippen molar-refractivity contribution < 1.29 is 0 Å². The predicted octanol–water partition coefficient (Wildman–Crippen LogP) is 2.53. The minimum absolute atomic E-state index is 0.515. The molecule has 3 rings (SSSR count). The first-order valence-corrected chi connectivity index (χ1v) is 6.27. The zero-order valence-corrected chi connectivity index (χ0v) is 10.2. The molecule has 4 heteroatoms. The third-order valence-electron chi connectivity index (χ3n) is 3.31. The lowest BCUT2D eigenvalue weighted by Crippen LogP contribution is -2.19. The molecule has 92 valence electrons. The first-order valence-electron chi connectivity index (χ1n) is 6.27. The fraction of sp³-hybridized carbons (Fsp3) is 0.286. The molecule has 0 spiro atoms. The van der Waals surface area contributed by atoms with Crippen LogP contribution in [0.1, 0.15) is 18.4 Å². The minimum atomic E-state index is 0.515. The van der Waals surface area contributed by atoms with Crippen molar-refractivity contribution in [3.63, 3.8) is 0 Å². The Hall–Kier alpha value is -2.10. The van der Waals surface area contributed by atoms with Gasteiger partial charge in [-0.15, -0.1) is 0 Å². The van der Waals surface area contributed by atoms with Crippen LogP contribution in [0.25, 0.3) is 0 Å². The first kappa shape index (κ1) is 11.0. The highest BCUT2D eigenvalue weighted by molar-refractivity contribution is 5.65. The molecule has 0 aliphatic carbocycles. The third-order valence-corrected chi connectivity index (χ3v) is 3.31. The lowest BCUT2D eigenvalue weighted by atomic mass is 10.1. The summed E-state index contributed by atoms with van der Waals surface area (Å²) in [5.74, 6) is 1.40. The zero-order valence-electron chi connectivity index (χ0n) is 10.2. The molecule has 0 saturated carbocycles. The molecule has 0 radical (unpaired) electrons. The molecular formula is C14H16N4. The molecule has 1 aliphatic heterocycles. The van der Waals surface area contributed by atoms with Gasteiger partial charge in [-0.2, -0.15) is 0 Å². The zero-order chi connectivity index (χ0) is 12.4. The van der Waals surface area contributed by atoms with Crippen LogP contribution in [0, 0.1) is 0 Å². The van der Waals surface area contributed by atoms with Gasteiger partial charge in [-0.1, -0.05) is 18.2 Å². The van der Waals surface area contributed by atoms with Crippen molar-refractivity contribution in [3.8, 4) is 0 Å². The number of anilines is 3. The molecule has 0 saturated heterocycles. The largest absolute Gasteiger partial charge is 0.384 e. The fourth-order valence-corrected chi connectivity index (χ4v) is 2.44. The van der Waals surface area contributed by atoms with E-state index in [0.29, 0.717) is 5.82 Å². The van der Waals surface area contributed by atoms with Gasteiger partial charge in [0, 0.05) is 18.3 Å². The summed E-state index contributed by atoms with van der Waals surface area (Å²) in [7, 11) is 0. The number of benzene rings is 1. The van der Waals surface area contributed by atoms with Gasteiger partial charge in [-0.3, -0.25) is 0 Å². The summed E-state index contributed by atoms with van der Waals surface area (Å²) in [4.78, 5) is 10.5. The van der Waals surface area contributed by atoms with Gasteiger partial charge >= 0.3 is 0 Å². The summed E-state index contributed by atoms with van der Waals surface area (Å²) in [5.41, 5.74) is 8.37. The second-order valence-corrected chi connectivity index (χ2v) is 4.54.